The van der Waals surface area contributed by atoms with Gasteiger partial charge in [-0.2, -0.15) is 13.2 Å². The summed E-state index contributed by atoms with van der Waals surface area (Å²) in [5.41, 5.74) is -1.27. The first-order chi connectivity index (χ1) is 19.1. The molecule has 11 nitrogen and oxygen atoms in total. The van der Waals surface area contributed by atoms with Crippen molar-refractivity contribution in [3.8, 4) is 17.5 Å². The maximum absolute atomic E-state index is 13.4. The van der Waals surface area contributed by atoms with Crippen LogP contribution >= 0.6 is 0 Å². The van der Waals surface area contributed by atoms with Crippen LogP contribution in [0.25, 0.3) is 22.7 Å². The molecule has 0 radical (unpaired) electrons. The third kappa shape index (κ3) is 5.12. The standard InChI is InChI=1S/C26H27F3N6O5/c1-3-8-34-23-20(24(37)35(9-4-2)25(34)38)31-22(32-23)17-12-19(33-40-17)39-21(15-11-18(36)30-13-15)14-6-5-7-16(10-14)26(27,28)29/h5-7,10,12,15,21H,3-4,8-9,11,13H2,1-2H3,(H,30,36)(H,31,32). The van der Waals surface area contributed by atoms with Crippen LogP contribution in [0.5, 0.6) is 5.88 Å². The number of aromatic amines is 1. The number of amides is 1. The zero-order valence-corrected chi connectivity index (χ0v) is 21.7. The minimum atomic E-state index is -4.55. The van der Waals surface area contributed by atoms with Crippen LogP contribution in [0.4, 0.5) is 13.2 Å². The molecule has 0 bridgehead atoms. The number of aromatic nitrogens is 5. The summed E-state index contributed by atoms with van der Waals surface area (Å²) in [6.07, 6.45) is -4.20. The average molecular weight is 561 g/mol. The Hall–Kier alpha value is -4.36. The predicted molar refractivity (Wildman–Crippen MR) is 137 cm³/mol. The summed E-state index contributed by atoms with van der Waals surface area (Å²) >= 11 is 0. The first-order valence-electron chi connectivity index (χ1n) is 12.9. The fraction of sp³-hybridized carbons (Fsp3) is 0.423. The zero-order valence-electron chi connectivity index (χ0n) is 21.7. The SMILES string of the molecule is CCCn1c(=O)c2[nH]c(-c3cc(OC(c4cccc(C(F)(F)F)c4)C4CNC(=O)C4)no3)nc2n(CCC)c1=O. The highest BCUT2D eigenvalue weighted by Gasteiger charge is 2.36. The molecule has 1 amide bonds. The predicted octanol–water partition coefficient (Wildman–Crippen LogP) is 3.64. The lowest BCUT2D eigenvalue weighted by Crippen LogP contribution is -2.40. The molecule has 40 heavy (non-hydrogen) atoms. The second kappa shape index (κ2) is 10.7. The van der Waals surface area contributed by atoms with E-state index in [2.05, 4.69) is 20.4 Å². The number of imidazole rings is 1. The molecule has 2 atom stereocenters. The van der Waals surface area contributed by atoms with E-state index in [9.17, 15) is 27.6 Å². The van der Waals surface area contributed by atoms with Gasteiger partial charge in [0.05, 0.1) is 11.6 Å². The molecule has 5 rings (SSSR count). The number of nitrogens with zero attached hydrogens (tertiary/aromatic N) is 4. The van der Waals surface area contributed by atoms with E-state index in [0.717, 1.165) is 16.7 Å². The average Bonchev–Trinajstić information content (AvgIpc) is 3.67. The van der Waals surface area contributed by atoms with E-state index in [4.69, 9.17) is 9.26 Å². The van der Waals surface area contributed by atoms with E-state index in [-0.39, 0.29) is 59.6 Å². The Labute approximate surface area is 224 Å². The van der Waals surface area contributed by atoms with Crippen molar-refractivity contribution >= 4 is 17.1 Å². The molecule has 212 valence electrons. The van der Waals surface area contributed by atoms with Gasteiger partial charge in [-0.05, 0) is 35.7 Å². The molecule has 14 heteroatoms. The molecular formula is C26H27F3N6O5. The van der Waals surface area contributed by atoms with Crippen LogP contribution in [0.2, 0.25) is 0 Å². The number of ether oxygens (including phenoxy) is 1. The van der Waals surface area contributed by atoms with Crippen molar-refractivity contribution < 1.29 is 27.2 Å². The van der Waals surface area contributed by atoms with E-state index in [0.29, 0.717) is 19.4 Å². The van der Waals surface area contributed by atoms with Crippen molar-refractivity contribution in [1.29, 1.82) is 0 Å². The van der Waals surface area contributed by atoms with Gasteiger partial charge >= 0.3 is 11.9 Å². The summed E-state index contributed by atoms with van der Waals surface area (Å²) in [7, 11) is 0. The second-order valence-corrected chi connectivity index (χ2v) is 9.63. The topological polar surface area (TPSA) is 137 Å². The van der Waals surface area contributed by atoms with Gasteiger partial charge in [-0.25, -0.2) is 9.78 Å². The molecule has 4 aromatic rings. The highest BCUT2D eigenvalue weighted by atomic mass is 19.4. The number of carbonyl (C=O) groups excluding carboxylic acids is 1. The number of benzene rings is 1. The second-order valence-electron chi connectivity index (χ2n) is 9.63. The summed E-state index contributed by atoms with van der Waals surface area (Å²) in [6.45, 7) is 4.57. The van der Waals surface area contributed by atoms with Gasteiger partial charge in [0.15, 0.2) is 17.0 Å². The third-order valence-electron chi connectivity index (χ3n) is 6.70. The Balaban J connectivity index is 1.51. The molecule has 1 saturated heterocycles. The molecular weight excluding hydrogens is 533 g/mol. The number of carbonyl (C=O) groups is 1. The molecule has 0 saturated carbocycles. The highest BCUT2D eigenvalue weighted by molar-refractivity contribution is 5.78. The molecule has 2 N–H and O–H groups in total. The Morgan fingerprint density at radius 3 is 2.55 bits per heavy atom. The van der Waals surface area contributed by atoms with Crippen LogP contribution < -0.4 is 21.3 Å². The van der Waals surface area contributed by atoms with Gasteiger partial charge in [-0.1, -0.05) is 26.0 Å². The Morgan fingerprint density at radius 2 is 1.88 bits per heavy atom. The van der Waals surface area contributed by atoms with Crippen molar-refractivity contribution in [2.45, 2.75) is 58.5 Å². The number of rotatable bonds is 9. The summed E-state index contributed by atoms with van der Waals surface area (Å²) in [4.78, 5) is 45.2. The number of hydrogen-bond acceptors (Lipinski definition) is 7. The number of alkyl halides is 3. The van der Waals surface area contributed by atoms with Gasteiger partial charge in [0.25, 0.3) is 11.4 Å². The Morgan fingerprint density at radius 1 is 1.12 bits per heavy atom. The molecule has 0 spiro atoms. The highest BCUT2D eigenvalue weighted by Crippen LogP contribution is 2.36. The molecule has 1 fully saturated rings. The van der Waals surface area contributed by atoms with Gasteiger partial charge in [0.2, 0.25) is 11.7 Å². The lowest BCUT2D eigenvalue weighted by Gasteiger charge is -2.23. The number of halogens is 3. The summed E-state index contributed by atoms with van der Waals surface area (Å²) in [5.74, 6) is -0.525. The maximum Gasteiger partial charge on any atom is 0.416 e. The van der Waals surface area contributed by atoms with Crippen LogP contribution in [0, 0.1) is 5.92 Å². The van der Waals surface area contributed by atoms with E-state index < -0.39 is 35.0 Å². The first-order valence-corrected chi connectivity index (χ1v) is 12.9. The van der Waals surface area contributed by atoms with Crippen molar-refractivity contribution in [2.24, 2.45) is 5.92 Å². The largest absolute Gasteiger partial charge is 0.467 e. The normalized spacial score (nSPS) is 16.4. The van der Waals surface area contributed by atoms with Crippen LogP contribution in [0.3, 0.4) is 0 Å². The van der Waals surface area contributed by atoms with E-state index in [1.165, 1.54) is 22.8 Å². The van der Waals surface area contributed by atoms with Crippen LogP contribution in [0.15, 0.2) is 44.4 Å². The van der Waals surface area contributed by atoms with Crippen molar-refractivity contribution in [1.82, 2.24) is 29.6 Å². The monoisotopic (exact) mass is 560 g/mol. The van der Waals surface area contributed by atoms with E-state index in [1.807, 2.05) is 13.8 Å². The smallest absolute Gasteiger partial charge is 0.416 e. The third-order valence-corrected chi connectivity index (χ3v) is 6.70. The fourth-order valence-electron chi connectivity index (χ4n) is 4.86. The summed E-state index contributed by atoms with van der Waals surface area (Å²) in [5, 5.41) is 6.57. The van der Waals surface area contributed by atoms with Crippen LogP contribution in [-0.4, -0.2) is 36.7 Å². The van der Waals surface area contributed by atoms with Crippen LogP contribution in [-0.2, 0) is 24.1 Å². The lowest BCUT2D eigenvalue weighted by atomic mass is 9.93. The van der Waals surface area contributed by atoms with E-state index >= 15 is 0 Å². The number of hydrogen-bond donors (Lipinski definition) is 2. The molecule has 0 aliphatic carbocycles. The molecule has 2 unspecified atom stereocenters. The maximum atomic E-state index is 13.4. The molecule has 1 aliphatic heterocycles. The first kappa shape index (κ1) is 27.2. The van der Waals surface area contributed by atoms with E-state index in [1.54, 1.807) is 0 Å². The zero-order chi connectivity index (χ0) is 28.6. The van der Waals surface area contributed by atoms with Gasteiger partial charge in [-0.3, -0.25) is 18.7 Å². The minimum absolute atomic E-state index is 0.0495. The quantitative estimate of drug-likeness (QED) is 0.319. The molecule has 4 heterocycles. The number of aryl methyl sites for hydroxylation is 1. The van der Waals surface area contributed by atoms with Crippen molar-refractivity contribution in [2.75, 3.05) is 6.54 Å². The fourth-order valence-corrected chi connectivity index (χ4v) is 4.86. The lowest BCUT2D eigenvalue weighted by molar-refractivity contribution is -0.137. The van der Waals surface area contributed by atoms with Crippen molar-refractivity contribution in [3.05, 3.63) is 62.3 Å². The Bertz CT molecular complexity index is 1670. The number of nitrogens with one attached hydrogen (secondary N) is 2. The minimum Gasteiger partial charge on any atom is -0.467 e. The van der Waals surface area contributed by atoms with Crippen LogP contribution in [0.1, 0.15) is 50.3 Å². The Kier molecular flexibility index (Phi) is 7.25. The van der Waals surface area contributed by atoms with Gasteiger partial charge < -0.3 is 19.6 Å². The summed E-state index contributed by atoms with van der Waals surface area (Å²) in [6, 6.07) is 6.11. The van der Waals surface area contributed by atoms with Gasteiger partial charge in [-0.15, -0.1) is 0 Å². The van der Waals surface area contributed by atoms with Gasteiger partial charge in [0.1, 0.15) is 6.10 Å². The molecule has 1 aromatic carbocycles. The van der Waals surface area contributed by atoms with Crippen molar-refractivity contribution in [3.63, 3.8) is 0 Å². The summed E-state index contributed by atoms with van der Waals surface area (Å²) < 4.78 is 54.1. The molecule has 1 aliphatic rings. The number of H-pyrrole nitrogens is 1. The number of fused-ring (bicyclic) bond motifs is 1. The molecule has 3 aromatic heterocycles. The van der Waals surface area contributed by atoms with Gasteiger partial charge in [0, 0.05) is 32.0 Å².